The van der Waals surface area contributed by atoms with Crippen LogP contribution in [0.15, 0.2) is 33.6 Å². The first-order chi connectivity index (χ1) is 9.52. The molecular formula is C13H17BrN2O3S. The number of nitrogens with one attached hydrogen (secondary N) is 2. The maximum Gasteiger partial charge on any atom is 0.243 e. The molecule has 1 atom stereocenters. The van der Waals surface area contributed by atoms with E-state index < -0.39 is 6.04 Å². The first-order valence-corrected chi connectivity index (χ1v) is 7.85. The van der Waals surface area contributed by atoms with E-state index in [4.69, 9.17) is 5.11 Å². The molecule has 110 valence electrons. The lowest BCUT2D eigenvalue weighted by Crippen LogP contribution is -2.48. The monoisotopic (exact) mass is 360 g/mol. The Morgan fingerprint density at radius 2 is 2.20 bits per heavy atom. The molecule has 0 aliphatic rings. The average Bonchev–Trinajstić information content (AvgIpc) is 2.40. The molecular weight excluding hydrogens is 344 g/mol. The van der Waals surface area contributed by atoms with Crippen molar-refractivity contribution in [2.24, 2.45) is 0 Å². The molecule has 0 bridgehead atoms. The Morgan fingerprint density at radius 1 is 1.45 bits per heavy atom. The predicted molar refractivity (Wildman–Crippen MR) is 82.6 cm³/mol. The van der Waals surface area contributed by atoms with Gasteiger partial charge in [-0.2, -0.15) is 0 Å². The van der Waals surface area contributed by atoms with Crippen LogP contribution in [0.1, 0.15) is 6.92 Å². The Bertz CT molecular complexity index is 471. The fourth-order valence-corrected chi connectivity index (χ4v) is 3.00. The maximum absolute atomic E-state index is 11.9. The number of aliphatic hydroxyl groups is 1. The van der Waals surface area contributed by atoms with E-state index in [0.717, 1.165) is 9.37 Å². The summed E-state index contributed by atoms with van der Waals surface area (Å²) in [6.07, 6.45) is 0. The quantitative estimate of drug-likeness (QED) is 0.637. The highest BCUT2D eigenvalue weighted by Gasteiger charge is 2.19. The summed E-state index contributed by atoms with van der Waals surface area (Å²) in [7, 11) is 0. The second-order valence-corrected chi connectivity index (χ2v) is 6.05. The zero-order chi connectivity index (χ0) is 15.0. The van der Waals surface area contributed by atoms with Crippen molar-refractivity contribution >= 4 is 39.5 Å². The van der Waals surface area contributed by atoms with E-state index in [9.17, 15) is 9.59 Å². The Hall–Kier alpha value is -1.05. The molecule has 1 aromatic carbocycles. The van der Waals surface area contributed by atoms with E-state index in [1.54, 1.807) is 0 Å². The molecule has 0 radical (unpaired) electrons. The first-order valence-electron chi connectivity index (χ1n) is 6.07. The van der Waals surface area contributed by atoms with Crippen molar-refractivity contribution in [3.63, 3.8) is 0 Å². The molecule has 2 amide bonds. The molecule has 3 N–H and O–H groups in total. The molecule has 5 nitrogen and oxygen atoms in total. The molecule has 20 heavy (non-hydrogen) atoms. The Morgan fingerprint density at radius 3 is 2.80 bits per heavy atom. The topological polar surface area (TPSA) is 78.4 Å². The largest absolute Gasteiger partial charge is 0.395 e. The second-order valence-electron chi connectivity index (χ2n) is 4.04. The van der Waals surface area contributed by atoms with Gasteiger partial charge in [0.05, 0.1) is 6.61 Å². The summed E-state index contributed by atoms with van der Waals surface area (Å²) in [5.41, 5.74) is 0. The van der Waals surface area contributed by atoms with Crippen LogP contribution in [-0.2, 0) is 9.59 Å². The number of hydrogen-bond donors (Lipinski definition) is 3. The van der Waals surface area contributed by atoms with Crippen molar-refractivity contribution in [1.82, 2.24) is 10.6 Å². The summed E-state index contributed by atoms with van der Waals surface area (Å²) in [6, 6.07) is 7.09. The summed E-state index contributed by atoms with van der Waals surface area (Å²) in [5, 5.41) is 13.9. The third kappa shape index (κ3) is 6.40. The van der Waals surface area contributed by atoms with Crippen LogP contribution in [0, 0.1) is 0 Å². The van der Waals surface area contributed by atoms with Crippen LogP contribution < -0.4 is 10.6 Å². The lowest BCUT2D eigenvalue weighted by atomic mass is 10.3. The van der Waals surface area contributed by atoms with Crippen molar-refractivity contribution in [2.75, 3.05) is 18.9 Å². The van der Waals surface area contributed by atoms with Crippen LogP contribution in [0.25, 0.3) is 0 Å². The molecule has 0 aliphatic carbocycles. The summed E-state index contributed by atoms with van der Waals surface area (Å²) in [6.45, 7) is 1.42. The number of rotatable bonds is 7. The first kappa shape index (κ1) is 17.0. The van der Waals surface area contributed by atoms with E-state index in [2.05, 4.69) is 26.6 Å². The van der Waals surface area contributed by atoms with Gasteiger partial charge < -0.3 is 15.7 Å². The van der Waals surface area contributed by atoms with E-state index in [1.165, 1.54) is 18.7 Å². The third-order valence-corrected chi connectivity index (χ3v) is 3.90. The molecule has 1 unspecified atom stereocenters. The van der Waals surface area contributed by atoms with Gasteiger partial charge in [0.15, 0.2) is 0 Å². The SMILES string of the molecule is CC(=O)NC(CSc1cccc(Br)c1)C(=O)NCCO. The molecule has 0 heterocycles. The highest BCUT2D eigenvalue weighted by Crippen LogP contribution is 2.22. The van der Waals surface area contributed by atoms with E-state index in [0.29, 0.717) is 5.75 Å². The van der Waals surface area contributed by atoms with Gasteiger partial charge in [-0.15, -0.1) is 11.8 Å². The molecule has 1 aromatic rings. The van der Waals surface area contributed by atoms with Gasteiger partial charge in [-0.05, 0) is 18.2 Å². The van der Waals surface area contributed by atoms with Gasteiger partial charge in [-0.25, -0.2) is 0 Å². The van der Waals surface area contributed by atoms with Gasteiger partial charge in [0.25, 0.3) is 0 Å². The predicted octanol–water partition coefficient (Wildman–Crippen LogP) is 1.15. The Kier molecular flexibility index (Phi) is 7.64. The lowest BCUT2D eigenvalue weighted by molar-refractivity contribution is -0.127. The maximum atomic E-state index is 11.9. The number of thioether (sulfide) groups is 1. The molecule has 0 aromatic heterocycles. The van der Waals surface area contributed by atoms with Gasteiger partial charge in [0.2, 0.25) is 11.8 Å². The summed E-state index contributed by atoms with van der Waals surface area (Å²) in [4.78, 5) is 24.0. The highest BCUT2D eigenvalue weighted by molar-refractivity contribution is 9.10. The highest BCUT2D eigenvalue weighted by atomic mass is 79.9. The summed E-state index contributed by atoms with van der Waals surface area (Å²) < 4.78 is 0.961. The van der Waals surface area contributed by atoms with Gasteiger partial charge in [0, 0.05) is 28.6 Å². The molecule has 0 saturated carbocycles. The molecule has 0 aliphatic heterocycles. The lowest BCUT2D eigenvalue weighted by Gasteiger charge is -2.17. The molecule has 0 spiro atoms. The number of carbonyl (C=O) groups excluding carboxylic acids is 2. The van der Waals surface area contributed by atoms with Crippen molar-refractivity contribution in [3.05, 3.63) is 28.7 Å². The second kappa shape index (κ2) is 8.99. The fourth-order valence-electron chi connectivity index (χ4n) is 1.47. The van der Waals surface area contributed by atoms with E-state index in [1.807, 2.05) is 24.3 Å². The minimum absolute atomic E-state index is 0.128. The van der Waals surface area contributed by atoms with Crippen molar-refractivity contribution in [1.29, 1.82) is 0 Å². The minimum Gasteiger partial charge on any atom is -0.395 e. The van der Waals surface area contributed by atoms with Crippen molar-refractivity contribution in [3.8, 4) is 0 Å². The minimum atomic E-state index is -0.622. The Balaban J connectivity index is 2.60. The van der Waals surface area contributed by atoms with Gasteiger partial charge in [0.1, 0.15) is 6.04 Å². The van der Waals surface area contributed by atoms with Crippen LogP contribution in [-0.4, -0.2) is 41.9 Å². The van der Waals surface area contributed by atoms with Gasteiger partial charge in [-0.1, -0.05) is 22.0 Å². The van der Waals surface area contributed by atoms with Crippen LogP contribution in [0.3, 0.4) is 0 Å². The Labute approximate surface area is 130 Å². The molecule has 1 rings (SSSR count). The van der Waals surface area contributed by atoms with Crippen LogP contribution in [0.4, 0.5) is 0 Å². The number of halogens is 1. The zero-order valence-electron chi connectivity index (χ0n) is 11.1. The zero-order valence-corrected chi connectivity index (χ0v) is 13.5. The number of amides is 2. The average molecular weight is 361 g/mol. The van der Waals surface area contributed by atoms with Gasteiger partial charge >= 0.3 is 0 Å². The number of carbonyl (C=O) groups is 2. The van der Waals surface area contributed by atoms with E-state index in [-0.39, 0.29) is 25.0 Å². The van der Waals surface area contributed by atoms with Crippen LogP contribution >= 0.6 is 27.7 Å². The van der Waals surface area contributed by atoms with Crippen molar-refractivity contribution in [2.45, 2.75) is 17.9 Å². The standard InChI is InChI=1S/C13H17BrN2O3S/c1-9(18)16-12(13(19)15-5-6-17)8-20-11-4-2-3-10(14)7-11/h2-4,7,12,17H,5-6,8H2,1H3,(H,15,19)(H,16,18). The fraction of sp³-hybridized carbons (Fsp3) is 0.385. The summed E-state index contributed by atoms with van der Waals surface area (Å²) >= 11 is 4.86. The van der Waals surface area contributed by atoms with Gasteiger partial charge in [-0.3, -0.25) is 9.59 Å². The number of benzene rings is 1. The van der Waals surface area contributed by atoms with Crippen molar-refractivity contribution < 1.29 is 14.7 Å². The number of aliphatic hydroxyl groups excluding tert-OH is 1. The molecule has 7 heteroatoms. The van der Waals surface area contributed by atoms with Crippen LogP contribution in [0.5, 0.6) is 0 Å². The molecule has 0 fully saturated rings. The van der Waals surface area contributed by atoms with E-state index >= 15 is 0 Å². The number of hydrogen-bond acceptors (Lipinski definition) is 4. The molecule has 0 saturated heterocycles. The van der Waals surface area contributed by atoms with Crippen LogP contribution in [0.2, 0.25) is 0 Å². The third-order valence-electron chi connectivity index (χ3n) is 2.32. The smallest absolute Gasteiger partial charge is 0.243 e. The normalized spacial score (nSPS) is 11.8. The summed E-state index contributed by atoms with van der Waals surface area (Å²) in [5.74, 6) is -0.131.